The number of carboxylic acid groups (broad SMARTS) is 5. The van der Waals surface area contributed by atoms with E-state index in [2.05, 4.69) is 26.6 Å². The number of aliphatic carboxylic acids is 5. The molecule has 0 unspecified atom stereocenters. The average Bonchev–Trinajstić information content (AvgIpc) is 3.27. The molecule has 6 amide bonds. The van der Waals surface area contributed by atoms with Crippen molar-refractivity contribution < 1.29 is 78.3 Å². The Morgan fingerprint density at radius 3 is 0.797 bits per heavy atom. The first-order chi connectivity index (χ1) is 32.8. The van der Waals surface area contributed by atoms with Gasteiger partial charge in [-0.3, -0.25) is 33.6 Å². The Morgan fingerprint density at radius 1 is 0.304 bits per heavy atom. The van der Waals surface area contributed by atoms with Crippen LogP contribution in [0.15, 0.2) is 0 Å². The molecular weight excluding hydrogens is 907 g/mol. The molecule has 5 atom stereocenters. The SMILES string of the molecule is NCCCC[C@H](NC(=O)CC[C@H](NC(=O)CC[C@H](NC(=O)CC[C@H](NC(=O)CC[C@H](NC(=O)CCCCCCCCCCCCCCCCCCC(=O)O)C(=O)O)C(=O)O)C(=O)O)C(=O)O)C(N)=O. The van der Waals surface area contributed by atoms with E-state index in [0.717, 1.165) is 57.8 Å². The topological polar surface area (TPSA) is 401 Å². The van der Waals surface area contributed by atoms with Crippen LogP contribution in [0.2, 0.25) is 0 Å². The van der Waals surface area contributed by atoms with Crippen molar-refractivity contribution in [3.8, 4) is 0 Å². The molecule has 23 heteroatoms. The summed E-state index contributed by atoms with van der Waals surface area (Å²) in [6.45, 7) is 0.369. The number of primary amides is 1. The third kappa shape index (κ3) is 35.0. The van der Waals surface area contributed by atoms with E-state index in [4.69, 9.17) is 16.6 Å². The predicted molar refractivity (Wildman–Crippen MR) is 250 cm³/mol. The minimum atomic E-state index is -1.66. The van der Waals surface area contributed by atoms with Crippen molar-refractivity contribution in [2.24, 2.45) is 11.5 Å². The van der Waals surface area contributed by atoms with Gasteiger partial charge in [0, 0.05) is 38.5 Å². The Balaban J connectivity index is 4.58. The van der Waals surface area contributed by atoms with Crippen molar-refractivity contribution in [2.45, 2.75) is 216 Å². The standard InChI is InChI=1S/C46H79N7O16/c47-30-18-17-19-31(42(48)61)49-37(55)26-22-33(44(64)65)51-39(57)28-24-35(46(68)69)53-40(58)29-25-34(45(66)67)52-38(56)27-23-32(43(62)63)50-36(54)20-15-13-11-9-7-5-3-1-2-4-6-8-10-12-14-16-21-41(59)60/h31-35H,1-30,47H2,(H2,48,61)(H,49,55)(H,50,54)(H,51,57)(H,52,56)(H,53,58)(H,59,60)(H,62,63)(H,64,65)(H,66,67)(H,68,69)/t31-,32-,33-,34-,35-/m0/s1. The van der Waals surface area contributed by atoms with E-state index in [1.807, 2.05) is 0 Å². The Labute approximate surface area is 403 Å². The highest BCUT2D eigenvalue weighted by Crippen LogP contribution is 2.15. The van der Waals surface area contributed by atoms with Crippen LogP contribution in [-0.2, 0) is 52.7 Å². The molecule has 0 saturated heterocycles. The summed E-state index contributed by atoms with van der Waals surface area (Å²) in [6, 6.07) is -7.26. The van der Waals surface area contributed by atoms with Gasteiger partial charge in [0.05, 0.1) is 0 Å². The fourth-order valence-corrected chi connectivity index (χ4v) is 7.28. The van der Waals surface area contributed by atoms with Crippen LogP contribution in [0.1, 0.15) is 186 Å². The van der Waals surface area contributed by atoms with E-state index in [-0.39, 0.29) is 32.1 Å². The average molecular weight is 986 g/mol. The molecule has 0 radical (unpaired) electrons. The molecule has 0 rings (SSSR count). The van der Waals surface area contributed by atoms with Gasteiger partial charge in [0.15, 0.2) is 0 Å². The largest absolute Gasteiger partial charge is 0.481 e. The molecule has 0 fully saturated rings. The number of unbranched alkanes of at least 4 members (excludes halogenated alkanes) is 16. The summed E-state index contributed by atoms with van der Waals surface area (Å²) in [6.07, 6.45) is 14.6. The second-order valence-electron chi connectivity index (χ2n) is 17.3. The molecule has 0 aliphatic rings. The van der Waals surface area contributed by atoms with E-state index in [1.54, 1.807) is 0 Å². The number of rotatable bonds is 45. The van der Waals surface area contributed by atoms with Crippen molar-refractivity contribution in [3.05, 3.63) is 0 Å². The molecule has 0 aromatic rings. The van der Waals surface area contributed by atoms with Crippen molar-refractivity contribution in [3.63, 3.8) is 0 Å². The zero-order chi connectivity index (χ0) is 52.0. The number of hydrogen-bond acceptors (Lipinski definition) is 12. The van der Waals surface area contributed by atoms with Gasteiger partial charge in [-0.25, -0.2) is 19.2 Å². The van der Waals surface area contributed by atoms with Crippen LogP contribution in [0.3, 0.4) is 0 Å². The zero-order valence-electron chi connectivity index (χ0n) is 40.0. The summed E-state index contributed by atoms with van der Waals surface area (Å²) in [7, 11) is 0. The van der Waals surface area contributed by atoms with Crippen molar-refractivity contribution >= 4 is 65.3 Å². The molecule has 0 aromatic heterocycles. The molecule has 0 bridgehead atoms. The van der Waals surface area contributed by atoms with Crippen LogP contribution in [0.4, 0.5) is 0 Å². The van der Waals surface area contributed by atoms with Crippen molar-refractivity contribution in [1.82, 2.24) is 26.6 Å². The van der Waals surface area contributed by atoms with Crippen LogP contribution in [0.25, 0.3) is 0 Å². The minimum Gasteiger partial charge on any atom is -0.481 e. The fraction of sp³-hybridized carbons (Fsp3) is 0.761. The van der Waals surface area contributed by atoms with Crippen LogP contribution in [-0.4, -0.2) is 128 Å². The monoisotopic (exact) mass is 986 g/mol. The van der Waals surface area contributed by atoms with E-state index >= 15 is 0 Å². The third-order valence-electron chi connectivity index (χ3n) is 11.3. The minimum absolute atomic E-state index is 0.100. The number of hydrogen-bond donors (Lipinski definition) is 12. The zero-order valence-corrected chi connectivity index (χ0v) is 40.0. The molecule has 0 heterocycles. The molecule has 23 nitrogen and oxygen atoms in total. The summed E-state index contributed by atoms with van der Waals surface area (Å²) in [5.74, 6) is -11.4. The number of amides is 6. The Kier molecular flexibility index (Phi) is 35.7. The van der Waals surface area contributed by atoms with Crippen LogP contribution >= 0.6 is 0 Å². The van der Waals surface area contributed by atoms with Gasteiger partial charge < -0.3 is 63.6 Å². The van der Waals surface area contributed by atoms with Gasteiger partial charge in [0.25, 0.3) is 0 Å². The highest BCUT2D eigenvalue weighted by molar-refractivity contribution is 5.89. The summed E-state index contributed by atoms with van der Waals surface area (Å²) < 4.78 is 0. The highest BCUT2D eigenvalue weighted by atomic mass is 16.4. The van der Waals surface area contributed by atoms with Gasteiger partial charge in [-0.15, -0.1) is 0 Å². The molecule has 0 saturated carbocycles. The number of carboxylic acids is 5. The number of carbonyl (C=O) groups is 11. The molecule has 0 aliphatic heterocycles. The lowest BCUT2D eigenvalue weighted by atomic mass is 10.0. The van der Waals surface area contributed by atoms with Gasteiger partial charge in [-0.2, -0.15) is 0 Å². The smallest absolute Gasteiger partial charge is 0.326 e. The maximum absolute atomic E-state index is 12.6. The first kappa shape index (κ1) is 63.1. The summed E-state index contributed by atoms with van der Waals surface area (Å²) in [5, 5.41) is 58.4. The lowest BCUT2D eigenvalue weighted by Crippen LogP contribution is -2.46. The molecule has 0 aromatic carbocycles. The van der Waals surface area contributed by atoms with E-state index < -0.39 is 134 Å². The second-order valence-corrected chi connectivity index (χ2v) is 17.3. The van der Waals surface area contributed by atoms with Crippen LogP contribution < -0.4 is 38.1 Å². The Morgan fingerprint density at radius 2 is 0.551 bits per heavy atom. The molecule has 394 valence electrons. The van der Waals surface area contributed by atoms with Crippen molar-refractivity contribution in [1.29, 1.82) is 0 Å². The van der Waals surface area contributed by atoms with Crippen LogP contribution in [0.5, 0.6) is 0 Å². The number of carbonyl (C=O) groups excluding carboxylic acids is 6. The van der Waals surface area contributed by atoms with Crippen molar-refractivity contribution in [2.75, 3.05) is 6.54 Å². The van der Waals surface area contributed by atoms with Gasteiger partial charge in [0.1, 0.15) is 30.2 Å². The first-order valence-corrected chi connectivity index (χ1v) is 24.4. The summed E-state index contributed by atoms with van der Waals surface area (Å²) in [4.78, 5) is 132. The molecule has 0 aliphatic carbocycles. The normalized spacial score (nSPS) is 13.1. The van der Waals surface area contributed by atoms with E-state index in [0.29, 0.717) is 25.8 Å². The molecular formula is C46H79N7O16. The first-order valence-electron chi connectivity index (χ1n) is 24.4. The van der Waals surface area contributed by atoms with E-state index in [1.165, 1.54) is 38.5 Å². The van der Waals surface area contributed by atoms with Crippen LogP contribution in [0, 0.1) is 0 Å². The summed E-state index contributed by atoms with van der Waals surface area (Å²) in [5.41, 5.74) is 10.7. The lowest BCUT2D eigenvalue weighted by Gasteiger charge is -2.19. The summed E-state index contributed by atoms with van der Waals surface area (Å²) >= 11 is 0. The number of nitrogens with two attached hydrogens (primary N) is 2. The van der Waals surface area contributed by atoms with Gasteiger partial charge in [0.2, 0.25) is 35.4 Å². The predicted octanol–water partition coefficient (Wildman–Crippen LogP) is 2.59. The maximum Gasteiger partial charge on any atom is 0.326 e. The molecule has 0 spiro atoms. The number of nitrogens with one attached hydrogen (secondary N) is 5. The van der Waals surface area contributed by atoms with Gasteiger partial charge >= 0.3 is 29.8 Å². The highest BCUT2D eigenvalue weighted by Gasteiger charge is 2.28. The third-order valence-corrected chi connectivity index (χ3v) is 11.3. The van der Waals surface area contributed by atoms with E-state index in [9.17, 15) is 73.2 Å². The molecule has 14 N–H and O–H groups in total. The molecule has 69 heavy (non-hydrogen) atoms. The second kappa shape index (κ2) is 39.0. The fourth-order valence-electron chi connectivity index (χ4n) is 7.28. The van der Waals surface area contributed by atoms with Gasteiger partial charge in [-0.05, 0) is 64.3 Å². The lowest BCUT2D eigenvalue weighted by molar-refractivity contribution is -0.144. The maximum atomic E-state index is 12.6. The Bertz CT molecular complexity index is 1630. The van der Waals surface area contributed by atoms with Gasteiger partial charge in [-0.1, -0.05) is 89.9 Å². The quantitative estimate of drug-likeness (QED) is 0.0390. The Hall–Kier alpha value is -5.87.